The van der Waals surface area contributed by atoms with Gasteiger partial charge >= 0.3 is 5.97 Å². The van der Waals surface area contributed by atoms with Gasteiger partial charge in [-0.25, -0.2) is 4.79 Å². The van der Waals surface area contributed by atoms with E-state index in [-0.39, 0.29) is 11.1 Å². The van der Waals surface area contributed by atoms with Crippen molar-refractivity contribution in [2.24, 2.45) is 0 Å². The van der Waals surface area contributed by atoms with Crippen LogP contribution in [0, 0.1) is 0 Å². The number of benzene rings is 2. The van der Waals surface area contributed by atoms with Crippen molar-refractivity contribution in [3.63, 3.8) is 0 Å². The molecule has 0 radical (unpaired) electrons. The number of hydrogen-bond acceptors (Lipinski definition) is 4. The Morgan fingerprint density at radius 1 is 0.875 bits per heavy atom. The van der Waals surface area contributed by atoms with Gasteiger partial charge < -0.3 is 19.5 Å². The minimum Gasteiger partial charge on any atom is -0.545 e. The second kappa shape index (κ2) is 8.52. The first-order valence-electron chi connectivity index (χ1n) is 7.19. The zero-order valence-corrected chi connectivity index (χ0v) is 15.0. The Balaban J connectivity index is 0.000000505. The normalized spacial score (nSPS) is 10.5. The molecule has 0 spiro atoms. The highest BCUT2D eigenvalue weighted by Crippen LogP contribution is 2.32. The van der Waals surface area contributed by atoms with Crippen LogP contribution in [0.5, 0.6) is 0 Å². The summed E-state index contributed by atoms with van der Waals surface area (Å²) in [6, 6.07) is 12.8. The van der Waals surface area contributed by atoms with Crippen molar-refractivity contribution in [2.75, 3.05) is 28.2 Å². The van der Waals surface area contributed by atoms with E-state index in [1.807, 2.05) is 0 Å². The Labute approximate surface area is 146 Å². The Bertz CT molecular complexity index is 661. The van der Waals surface area contributed by atoms with Gasteiger partial charge in [-0.1, -0.05) is 42.1 Å². The van der Waals surface area contributed by atoms with Gasteiger partial charge in [0, 0.05) is 15.4 Å². The van der Waals surface area contributed by atoms with E-state index in [4.69, 9.17) is 5.11 Å². The van der Waals surface area contributed by atoms with E-state index >= 15 is 0 Å². The molecule has 1 N–H and O–H groups in total. The highest BCUT2D eigenvalue weighted by atomic mass is 32.2. The highest BCUT2D eigenvalue weighted by Gasteiger charge is 2.12. The molecular weight excluding hydrogens is 326 g/mol. The van der Waals surface area contributed by atoms with Crippen LogP contribution in [0.25, 0.3) is 0 Å². The van der Waals surface area contributed by atoms with Crippen LogP contribution in [-0.2, 0) is 0 Å². The van der Waals surface area contributed by atoms with E-state index < -0.39 is 11.9 Å². The number of hydrogen-bond donors (Lipinski definition) is 1. The molecule has 0 bridgehead atoms. The van der Waals surface area contributed by atoms with Crippen molar-refractivity contribution in [1.29, 1.82) is 0 Å². The van der Waals surface area contributed by atoms with Gasteiger partial charge in [0.15, 0.2) is 0 Å². The molecule has 0 aliphatic carbocycles. The summed E-state index contributed by atoms with van der Waals surface area (Å²) in [4.78, 5) is 23.0. The van der Waals surface area contributed by atoms with Crippen LogP contribution >= 0.6 is 11.8 Å². The molecule has 128 valence electrons. The predicted octanol–water partition coefficient (Wildman–Crippen LogP) is 2.22. The van der Waals surface area contributed by atoms with Crippen LogP contribution in [0.4, 0.5) is 0 Å². The standard InChI is InChI=1S/C14H10O4S.C4H12N/c15-13(16)9-5-1-3-7-11(9)19-12-8-4-2-6-10(12)14(17)18;1-5(2,3)4/h1-8H,(H,15,16)(H,17,18);1-4H3/q;+1/p-1. The average Bonchev–Trinajstić information content (AvgIpc) is 2.46. The van der Waals surface area contributed by atoms with E-state index in [1.165, 1.54) is 12.1 Å². The molecule has 6 heteroatoms. The van der Waals surface area contributed by atoms with Gasteiger partial charge in [-0.05, 0) is 18.2 Å². The summed E-state index contributed by atoms with van der Waals surface area (Å²) in [5.41, 5.74) is 0.188. The fourth-order valence-corrected chi connectivity index (χ4v) is 2.63. The Morgan fingerprint density at radius 2 is 1.25 bits per heavy atom. The molecule has 2 aromatic carbocycles. The van der Waals surface area contributed by atoms with Crippen molar-refractivity contribution in [3.8, 4) is 0 Å². The van der Waals surface area contributed by atoms with Gasteiger partial charge in [0.2, 0.25) is 0 Å². The number of carboxylic acid groups (broad SMARTS) is 2. The number of carbonyl (C=O) groups is 2. The first kappa shape index (κ1) is 19.7. The molecule has 24 heavy (non-hydrogen) atoms. The molecule has 0 fully saturated rings. The van der Waals surface area contributed by atoms with Crippen LogP contribution in [0.2, 0.25) is 0 Å². The minimum atomic E-state index is -1.28. The lowest BCUT2D eigenvalue weighted by atomic mass is 10.2. The molecule has 0 aliphatic heterocycles. The number of carbonyl (C=O) groups excluding carboxylic acids is 1. The molecule has 0 unspecified atom stereocenters. The van der Waals surface area contributed by atoms with Gasteiger partial charge in [0.25, 0.3) is 0 Å². The number of nitrogens with zero attached hydrogens (tertiary/aromatic N) is 1. The van der Waals surface area contributed by atoms with Gasteiger partial charge in [-0.2, -0.15) is 0 Å². The molecule has 0 saturated heterocycles. The third-order valence-corrected chi connectivity index (χ3v) is 3.60. The van der Waals surface area contributed by atoms with Crippen LogP contribution in [-0.4, -0.2) is 49.7 Å². The highest BCUT2D eigenvalue weighted by molar-refractivity contribution is 7.99. The zero-order chi connectivity index (χ0) is 18.3. The lowest BCUT2D eigenvalue weighted by molar-refractivity contribution is -0.849. The molecular formula is C18H21NO4S. The van der Waals surface area contributed by atoms with E-state index in [9.17, 15) is 14.7 Å². The van der Waals surface area contributed by atoms with Crippen LogP contribution in [0.1, 0.15) is 20.7 Å². The summed E-state index contributed by atoms with van der Waals surface area (Å²) in [6.07, 6.45) is 0. The third kappa shape index (κ3) is 6.85. The quantitative estimate of drug-likeness (QED) is 0.858. The summed E-state index contributed by atoms with van der Waals surface area (Å²) >= 11 is 1.10. The molecule has 2 rings (SSSR count). The Hall–Kier alpha value is -2.31. The van der Waals surface area contributed by atoms with E-state index in [1.54, 1.807) is 36.4 Å². The smallest absolute Gasteiger partial charge is 0.336 e. The molecule has 0 aliphatic rings. The molecule has 0 saturated carbocycles. The van der Waals surface area contributed by atoms with Crippen LogP contribution in [0.3, 0.4) is 0 Å². The maximum Gasteiger partial charge on any atom is 0.336 e. The number of quaternary nitrogens is 1. The third-order valence-electron chi connectivity index (χ3n) is 2.44. The van der Waals surface area contributed by atoms with E-state index in [2.05, 4.69) is 28.2 Å². The number of aromatic carboxylic acids is 2. The van der Waals surface area contributed by atoms with Crippen LogP contribution in [0.15, 0.2) is 58.3 Å². The molecule has 5 nitrogen and oxygen atoms in total. The largest absolute Gasteiger partial charge is 0.545 e. The summed E-state index contributed by atoms with van der Waals surface area (Å²) in [5, 5.41) is 20.1. The lowest BCUT2D eigenvalue weighted by Crippen LogP contribution is -2.27. The molecule has 0 heterocycles. The van der Waals surface area contributed by atoms with Crippen molar-refractivity contribution in [1.82, 2.24) is 0 Å². The Kier molecular flexibility index (Phi) is 7.00. The number of rotatable bonds is 4. The zero-order valence-electron chi connectivity index (χ0n) is 14.1. The molecule has 0 amide bonds. The summed E-state index contributed by atoms with van der Waals surface area (Å²) < 4.78 is 1.00. The maximum absolute atomic E-state index is 11.1. The average molecular weight is 347 g/mol. The number of carboxylic acids is 2. The van der Waals surface area contributed by atoms with Gasteiger partial charge in [-0.15, -0.1) is 0 Å². The molecule has 0 atom stereocenters. The fourth-order valence-electron chi connectivity index (χ4n) is 1.58. The lowest BCUT2D eigenvalue weighted by Gasteiger charge is -2.14. The fraction of sp³-hybridized carbons (Fsp3) is 0.222. The first-order chi connectivity index (χ1) is 11.1. The van der Waals surface area contributed by atoms with Gasteiger partial charge in [0.1, 0.15) is 0 Å². The summed E-state index contributed by atoms with van der Waals surface area (Å²) in [7, 11) is 8.50. The second-order valence-electron chi connectivity index (χ2n) is 6.37. The van der Waals surface area contributed by atoms with Crippen molar-refractivity contribution in [3.05, 3.63) is 59.7 Å². The van der Waals surface area contributed by atoms with Crippen molar-refractivity contribution >= 4 is 23.7 Å². The first-order valence-corrected chi connectivity index (χ1v) is 8.00. The van der Waals surface area contributed by atoms with Crippen molar-refractivity contribution < 1.29 is 24.3 Å². The summed E-state index contributed by atoms with van der Waals surface area (Å²) in [6.45, 7) is 0. The van der Waals surface area contributed by atoms with E-state index in [0.29, 0.717) is 9.79 Å². The van der Waals surface area contributed by atoms with Crippen LogP contribution < -0.4 is 5.11 Å². The van der Waals surface area contributed by atoms with Crippen molar-refractivity contribution in [2.45, 2.75) is 9.79 Å². The second-order valence-corrected chi connectivity index (χ2v) is 7.45. The predicted molar refractivity (Wildman–Crippen MR) is 92.3 cm³/mol. The molecule has 2 aromatic rings. The van der Waals surface area contributed by atoms with Gasteiger partial charge in [-0.3, -0.25) is 0 Å². The Morgan fingerprint density at radius 3 is 1.67 bits per heavy atom. The minimum absolute atomic E-state index is 0.0488. The monoisotopic (exact) mass is 347 g/mol. The topological polar surface area (TPSA) is 77.4 Å². The summed E-state index contributed by atoms with van der Waals surface area (Å²) in [5.74, 6) is -2.33. The van der Waals surface area contributed by atoms with Gasteiger partial charge in [0.05, 0.1) is 39.7 Å². The maximum atomic E-state index is 11.1. The molecule has 0 aromatic heterocycles. The SMILES string of the molecule is C[N+](C)(C)C.O=C([O-])c1ccccc1Sc1ccccc1C(=O)O. The van der Waals surface area contributed by atoms with E-state index in [0.717, 1.165) is 16.2 Å².